The summed E-state index contributed by atoms with van der Waals surface area (Å²) in [4.78, 5) is 12.4. The Balaban J connectivity index is 1.53. The summed E-state index contributed by atoms with van der Waals surface area (Å²) in [6.07, 6.45) is 9.33. The second-order valence-electron chi connectivity index (χ2n) is 15.9. The first kappa shape index (κ1) is 36.2. The summed E-state index contributed by atoms with van der Waals surface area (Å²) in [5, 5.41) is 6.05. The zero-order valence-electron chi connectivity index (χ0n) is 30.4. The molecule has 0 N–H and O–H groups in total. The zero-order valence-corrected chi connectivity index (χ0v) is 32.4. The molecule has 0 aliphatic heterocycles. The molecule has 10 heteroatoms. The summed E-state index contributed by atoms with van der Waals surface area (Å²) in [6, 6.07) is 14.9. The lowest BCUT2D eigenvalue weighted by molar-refractivity contribution is 0.0942. The molecule has 1 aliphatic carbocycles. The Labute approximate surface area is 289 Å². The lowest BCUT2D eigenvalue weighted by Crippen LogP contribution is -2.33. The molecule has 2 atom stereocenters. The van der Waals surface area contributed by atoms with Crippen molar-refractivity contribution in [1.82, 2.24) is 19.6 Å². The number of anilines is 1. The van der Waals surface area contributed by atoms with E-state index in [-0.39, 0.29) is 0 Å². The van der Waals surface area contributed by atoms with Gasteiger partial charge in [-0.15, -0.1) is 0 Å². The third kappa shape index (κ3) is 9.99. The maximum atomic E-state index is 6.38. The number of rotatable bonds is 17. The second kappa shape index (κ2) is 16.1. The van der Waals surface area contributed by atoms with Gasteiger partial charge in [0.25, 0.3) is 0 Å². The topological polar surface area (TPSA) is 74.0 Å². The average Bonchev–Trinajstić information content (AvgIpc) is 3.47. The van der Waals surface area contributed by atoms with Gasteiger partial charge in [0.2, 0.25) is 0 Å². The quantitative estimate of drug-likeness (QED) is 0.0474. The maximum absolute atomic E-state index is 6.38. The molecule has 0 radical (unpaired) electrons. The first-order valence-corrected chi connectivity index (χ1v) is 25.3. The van der Waals surface area contributed by atoms with Gasteiger partial charge in [-0.25, -0.2) is 4.98 Å². The van der Waals surface area contributed by atoms with Crippen molar-refractivity contribution in [2.75, 3.05) is 38.2 Å². The van der Waals surface area contributed by atoms with Gasteiger partial charge in [0.05, 0.1) is 24.1 Å². The molecule has 0 amide bonds. The lowest BCUT2D eigenvalue weighted by Gasteiger charge is -2.31. The van der Waals surface area contributed by atoms with Gasteiger partial charge in [-0.3, -0.25) is 4.98 Å². The van der Waals surface area contributed by atoms with E-state index in [4.69, 9.17) is 29.3 Å². The smallest absolute Gasteiger partial charge is 0.165 e. The predicted molar refractivity (Wildman–Crippen MR) is 204 cm³/mol. The minimum atomic E-state index is -1.23. The average molecular weight is 688 g/mol. The number of ether oxygens (including phenoxy) is 3. The molecular weight excluding hydrogens is 631 g/mol. The van der Waals surface area contributed by atoms with Crippen LogP contribution in [0.1, 0.15) is 50.6 Å². The summed E-state index contributed by atoms with van der Waals surface area (Å²) >= 11 is 0. The highest BCUT2D eigenvalue weighted by Crippen LogP contribution is 2.40. The Hall–Kier alpha value is -3.06. The van der Waals surface area contributed by atoms with Crippen molar-refractivity contribution in [3.63, 3.8) is 0 Å². The highest BCUT2D eigenvalue weighted by Gasteiger charge is 2.28. The molecule has 260 valence electrons. The number of hydrogen-bond donors (Lipinski definition) is 0. The van der Waals surface area contributed by atoms with Crippen molar-refractivity contribution in [2.45, 2.75) is 96.3 Å². The zero-order chi connectivity index (χ0) is 34.3. The molecule has 0 spiro atoms. The van der Waals surface area contributed by atoms with Crippen LogP contribution in [-0.2, 0) is 14.2 Å². The molecule has 0 saturated heterocycles. The SMILES string of the molecule is C=C(CC1CCCC(c2cc(N(COCC[Si](C)(C)C)COCC[Si](C)(C)C)n3ncc(-c4cnc5ccccc5c4)c3n2)C1)OCC. The molecule has 1 aromatic carbocycles. The van der Waals surface area contributed by atoms with E-state index in [0.29, 0.717) is 31.9 Å². The van der Waals surface area contributed by atoms with Gasteiger partial charge in [0.15, 0.2) is 5.65 Å². The van der Waals surface area contributed by atoms with Crippen molar-refractivity contribution in [1.29, 1.82) is 0 Å². The molecule has 3 heterocycles. The van der Waals surface area contributed by atoms with Crippen LogP contribution in [-0.4, -0.2) is 69.0 Å². The van der Waals surface area contributed by atoms with Crippen molar-refractivity contribution in [2.24, 2.45) is 5.92 Å². The molecule has 1 fully saturated rings. The fourth-order valence-electron chi connectivity index (χ4n) is 6.43. The summed E-state index contributed by atoms with van der Waals surface area (Å²) in [5.74, 6) is 2.72. The Morgan fingerprint density at radius 3 is 2.35 bits per heavy atom. The molecular formula is C38H57N5O3Si2. The van der Waals surface area contributed by atoms with Gasteiger partial charge in [0.1, 0.15) is 19.3 Å². The number of para-hydroxylation sites is 1. The standard InChI is InChI=1S/C38H57N5O3Si2/c1-9-46-29(2)21-30-13-12-15-31(22-30)36-24-37(42(27-44-17-19-47(3,4)5)28-45-18-20-48(6,7)8)43-38(41-36)34(26-40-43)33-23-32-14-10-11-16-35(32)39-25-33/h10-11,14,16,23-26,30-31H,2,9,12-13,15,17-22,27-28H2,1,3-8H3. The monoisotopic (exact) mass is 687 g/mol. The second-order valence-corrected chi connectivity index (χ2v) is 27.1. The van der Waals surface area contributed by atoms with E-state index in [0.717, 1.165) is 89.5 Å². The molecule has 4 aromatic rings. The van der Waals surface area contributed by atoms with Crippen molar-refractivity contribution in [3.8, 4) is 11.1 Å². The number of allylic oxidation sites excluding steroid dienone is 1. The highest BCUT2D eigenvalue weighted by atomic mass is 28.3. The third-order valence-corrected chi connectivity index (χ3v) is 12.7. The first-order chi connectivity index (χ1) is 22.9. The van der Waals surface area contributed by atoms with Gasteiger partial charge in [-0.1, -0.05) is 70.5 Å². The Morgan fingerprint density at radius 2 is 1.67 bits per heavy atom. The van der Waals surface area contributed by atoms with Gasteiger partial charge in [-0.2, -0.15) is 9.61 Å². The summed E-state index contributed by atoms with van der Waals surface area (Å²) in [6.45, 7) is 23.6. The van der Waals surface area contributed by atoms with E-state index in [1.165, 1.54) is 12.8 Å². The Kier molecular flexibility index (Phi) is 12.2. The predicted octanol–water partition coefficient (Wildman–Crippen LogP) is 9.59. The third-order valence-electron chi connectivity index (χ3n) is 9.25. The van der Waals surface area contributed by atoms with Crippen LogP contribution in [0.5, 0.6) is 0 Å². The number of nitrogens with zero attached hydrogens (tertiary/aromatic N) is 5. The number of hydrogen-bond acceptors (Lipinski definition) is 7. The van der Waals surface area contributed by atoms with E-state index >= 15 is 0 Å². The lowest BCUT2D eigenvalue weighted by atomic mass is 9.78. The summed E-state index contributed by atoms with van der Waals surface area (Å²) < 4.78 is 20.5. The summed E-state index contributed by atoms with van der Waals surface area (Å²) in [5.41, 5.74) is 4.92. The minimum Gasteiger partial charge on any atom is -0.499 e. The molecule has 0 bridgehead atoms. The van der Waals surface area contributed by atoms with Crippen LogP contribution in [0.25, 0.3) is 27.7 Å². The van der Waals surface area contributed by atoms with Crippen LogP contribution in [0, 0.1) is 5.92 Å². The highest BCUT2D eigenvalue weighted by molar-refractivity contribution is 6.76. The number of pyridine rings is 1. The van der Waals surface area contributed by atoms with E-state index in [9.17, 15) is 0 Å². The molecule has 3 aromatic heterocycles. The van der Waals surface area contributed by atoms with E-state index in [2.05, 4.69) is 75.0 Å². The molecule has 48 heavy (non-hydrogen) atoms. The number of fused-ring (bicyclic) bond motifs is 2. The van der Waals surface area contributed by atoms with Gasteiger partial charge in [0, 0.05) is 76.2 Å². The molecule has 1 saturated carbocycles. The van der Waals surface area contributed by atoms with Crippen LogP contribution >= 0.6 is 0 Å². The summed E-state index contributed by atoms with van der Waals surface area (Å²) in [7, 11) is -2.46. The van der Waals surface area contributed by atoms with E-state index < -0.39 is 16.1 Å². The molecule has 8 nitrogen and oxygen atoms in total. The molecule has 5 rings (SSSR count). The Morgan fingerprint density at radius 1 is 0.958 bits per heavy atom. The first-order valence-electron chi connectivity index (χ1n) is 17.8. The van der Waals surface area contributed by atoms with Crippen LogP contribution < -0.4 is 4.90 Å². The largest absolute Gasteiger partial charge is 0.499 e. The van der Waals surface area contributed by atoms with Crippen molar-refractivity contribution in [3.05, 3.63) is 66.8 Å². The normalized spacial score (nSPS) is 17.2. The molecule has 1 aliphatic rings. The van der Waals surface area contributed by atoms with Crippen LogP contribution in [0.4, 0.5) is 5.82 Å². The van der Waals surface area contributed by atoms with Crippen LogP contribution in [0.3, 0.4) is 0 Å². The van der Waals surface area contributed by atoms with Crippen molar-refractivity contribution >= 4 is 38.5 Å². The molecule has 2 unspecified atom stereocenters. The van der Waals surface area contributed by atoms with E-state index in [1.807, 2.05) is 36.0 Å². The Bertz CT molecular complexity index is 1640. The van der Waals surface area contributed by atoms with Crippen LogP contribution in [0.15, 0.2) is 61.1 Å². The number of aromatic nitrogens is 4. The minimum absolute atomic E-state index is 0.335. The fraction of sp³-hybridized carbons (Fsp3) is 0.553. The van der Waals surface area contributed by atoms with Crippen molar-refractivity contribution < 1.29 is 14.2 Å². The van der Waals surface area contributed by atoms with Gasteiger partial charge >= 0.3 is 0 Å². The van der Waals surface area contributed by atoms with Gasteiger partial charge in [-0.05, 0) is 56.3 Å². The van der Waals surface area contributed by atoms with E-state index in [1.54, 1.807) is 0 Å². The van der Waals surface area contributed by atoms with Gasteiger partial charge < -0.3 is 19.1 Å². The maximum Gasteiger partial charge on any atom is 0.165 e. The van der Waals surface area contributed by atoms with Crippen LogP contribution in [0.2, 0.25) is 51.4 Å². The fourth-order valence-corrected chi connectivity index (χ4v) is 7.94. The number of benzene rings is 1.